The molecule has 3 aromatic rings. The molecule has 0 N–H and O–H groups in total. The van der Waals surface area contributed by atoms with Crippen LogP contribution in [0.1, 0.15) is 6.42 Å². The van der Waals surface area contributed by atoms with Crippen LogP contribution in [0.2, 0.25) is 0 Å². The third-order valence-corrected chi connectivity index (χ3v) is 4.91. The van der Waals surface area contributed by atoms with Gasteiger partial charge < -0.3 is 9.80 Å². The van der Waals surface area contributed by atoms with Crippen LogP contribution in [0.5, 0.6) is 0 Å². The number of rotatable bonds is 2. The van der Waals surface area contributed by atoms with Gasteiger partial charge in [-0.05, 0) is 46.6 Å². The summed E-state index contributed by atoms with van der Waals surface area (Å²) in [5.41, 5.74) is 4.41. The Labute approximate surface area is 150 Å². The zero-order chi connectivity index (χ0) is 16.4. The van der Waals surface area contributed by atoms with Gasteiger partial charge in [0.1, 0.15) is 5.52 Å². The van der Waals surface area contributed by atoms with Crippen molar-refractivity contribution in [2.75, 3.05) is 36.0 Å². The normalized spacial score (nSPS) is 15.5. The second kappa shape index (κ2) is 6.77. The van der Waals surface area contributed by atoms with Gasteiger partial charge in [0.2, 0.25) is 0 Å². The molecule has 1 saturated heterocycles. The van der Waals surface area contributed by atoms with E-state index in [1.54, 1.807) is 0 Å². The van der Waals surface area contributed by atoms with Crippen molar-refractivity contribution in [2.24, 2.45) is 0 Å². The minimum Gasteiger partial charge on any atom is -0.370 e. The van der Waals surface area contributed by atoms with Crippen molar-refractivity contribution >= 4 is 38.3 Å². The number of hydrogen-bond acceptors (Lipinski definition) is 4. The molecule has 3 heterocycles. The Bertz CT molecular complexity index is 837. The molecular formula is C19H19BrN4. The van der Waals surface area contributed by atoms with Crippen molar-refractivity contribution in [1.82, 2.24) is 9.97 Å². The SMILES string of the molecule is Brc1cnc2c(N3CCCN(c4ccccc4)CC3)ccnc2c1. The van der Waals surface area contributed by atoms with Gasteiger partial charge in [-0.15, -0.1) is 0 Å². The Balaban J connectivity index is 1.60. The fraction of sp³-hybridized carbons (Fsp3) is 0.263. The Morgan fingerprint density at radius 1 is 0.875 bits per heavy atom. The molecule has 5 heteroatoms. The van der Waals surface area contributed by atoms with E-state index >= 15 is 0 Å². The summed E-state index contributed by atoms with van der Waals surface area (Å²) in [6.45, 7) is 4.14. The first-order chi connectivity index (χ1) is 11.8. The number of fused-ring (bicyclic) bond motifs is 1. The van der Waals surface area contributed by atoms with Crippen LogP contribution >= 0.6 is 15.9 Å². The van der Waals surface area contributed by atoms with Crippen molar-refractivity contribution in [3.63, 3.8) is 0 Å². The Hall–Kier alpha value is -2.14. The molecule has 0 unspecified atom stereocenters. The summed E-state index contributed by atoms with van der Waals surface area (Å²) in [7, 11) is 0. The number of benzene rings is 1. The van der Waals surface area contributed by atoms with E-state index in [4.69, 9.17) is 0 Å². The molecule has 122 valence electrons. The van der Waals surface area contributed by atoms with E-state index in [2.05, 4.69) is 72.1 Å². The quantitative estimate of drug-likeness (QED) is 0.667. The van der Waals surface area contributed by atoms with E-state index in [1.165, 1.54) is 11.4 Å². The lowest BCUT2D eigenvalue weighted by Crippen LogP contribution is -2.30. The molecule has 1 aliphatic rings. The third-order valence-electron chi connectivity index (χ3n) is 4.48. The van der Waals surface area contributed by atoms with Gasteiger partial charge in [0, 0.05) is 48.7 Å². The monoisotopic (exact) mass is 382 g/mol. The molecule has 4 nitrogen and oxygen atoms in total. The van der Waals surface area contributed by atoms with Gasteiger partial charge in [-0.1, -0.05) is 18.2 Å². The Morgan fingerprint density at radius 2 is 1.67 bits per heavy atom. The second-order valence-corrected chi connectivity index (χ2v) is 6.93. The van der Waals surface area contributed by atoms with E-state index in [0.29, 0.717) is 0 Å². The molecule has 1 aromatic carbocycles. The molecule has 4 rings (SSSR count). The zero-order valence-electron chi connectivity index (χ0n) is 13.4. The molecule has 0 saturated carbocycles. The average Bonchev–Trinajstić information content (AvgIpc) is 2.88. The lowest BCUT2D eigenvalue weighted by molar-refractivity contribution is 0.807. The summed E-state index contributed by atoms with van der Waals surface area (Å²) >= 11 is 3.48. The molecule has 0 radical (unpaired) electrons. The maximum atomic E-state index is 4.60. The summed E-state index contributed by atoms with van der Waals surface area (Å²) in [5, 5.41) is 0. The molecule has 0 spiro atoms. The predicted molar refractivity (Wildman–Crippen MR) is 103 cm³/mol. The summed E-state index contributed by atoms with van der Waals surface area (Å²) in [6.07, 6.45) is 4.86. The van der Waals surface area contributed by atoms with Crippen molar-refractivity contribution < 1.29 is 0 Å². The first kappa shape index (κ1) is 15.4. The largest absolute Gasteiger partial charge is 0.370 e. The maximum absolute atomic E-state index is 4.60. The van der Waals surface area contributed by atoms with E-state index in [-0.39, 0.29) is 0 Å². The summed E-state index contributed by atoms with van der Waals surface area (Å²) in [4.78, 5) is 14.0. The average molecular weight is 383 g/mol. The van der Waals surface area contributed by atoms with Gasteiger partial charge in [-0.3, -0.25) is 9.97 Å². The van der Waals surface area contributed by atoms with E-state index in [1.807, 2.05) is 18.5 Å². The fourth-order valence-electron chi connectivity index (χ4n) is 3.30. The van der Waals surface area contributed by atoms with E-state index < -0.39 is 0 Å². The molecule has 0 amide bonds. The van der Waals surface area contributed by atoms with Crippen LogP contribution in [0.4, 0.5) is 11.4 Å². The number of para-hydroxylation sites is 1. The lowest BCUT2D eigenvalue weighted by atomic mass is 10.2. The molecular weight excluding hydrogens is 364 g/mol. The minimum absolute atomic E-state index is 0.936. The third kappa shape index (κ3) is 3.08. The lowest BCUT2D eigenvalue weighted by Gasteiger charge is -2.25. The van der Waals surface area contributed by atoms with Crippen LogP contribution in [0.25, 0.3) is 11.0 Å². The number of pyridine rings is 2. The summed E-state index contributed by atoms with van der Waals surface area (Å²) < 4.78 is 0.964. The van der Waals surface area contributed by atoms with Gasteiger partial charge in [-0.25, -0.2) is 0 Å². The molecule has 0 aliphatic carbocycles. The maximum Gasteiger partial charge on any atom is 0.112 e. The van der Waals surface area contributed by atoms with Crippen molar-refractivity contribution in [1.29, 1.82) is 0 Å². The van der Waals surface area contributed by atoms with Crippen LogP contribution in [0.3, 0.4) is 0 Å². The number of aromatic nitrogens is 2. The van der Waals surface area contributed by atoms with Gasteiger partial charge in [0.15, 0.2) is 0 Å². The standard InChI is InChI=1S/C19H19BrN4/c20-15-13-17-19(22-14-15)18(7-8-21-17)24-10-4-9-23(11-12-24)16-5-2-1-3-6-16/h1-3,5-8,13-14H,4,9-12H2. The van der Waals surface area contributed by atoms with Crippen LogP contribution in [0, 0.1) is 0 Å². The smallest absolute Gasteiger partial charge is 0.112 e. The molecule has 1 aliphatic heterocycles. The number of hydrogen-bond donors (Lipinski definition) is 0. The van der Waals surface area contributed by atoms with Crippen molar-refractivity contribution in [2.45, 2.75) is 6.42 Å². The van der Waals surface area contributed by atoms with Crippen LogP contribution < -0.4 is 9.80 Å². The van der Waals surface area contributed by atoms with Gasteiger partial charge in [0.25, 0.3) is 0 Å². The zero-order valence-corrected chi connectivity index (χ0v) is 15.0. The Morgan fingerprint density at radius 3 is 2.54 bits per heavy atom. The molecule has 0 bridgehead atoms. The van der Waals surface area contributed by atoms with Gasteiger partial charge in [-0.2, -0.15) is 0 Å². The molecule has 2 aromatic heterocycles. The second-order valence-electron chi connectivity index (χ2n) is 6.01. The summed E-state index contributed by atoms with van der Waals surface area (Å²) in [6, 6.07) is 14.8. The number of halogens is 1. The topological polar surface area (TPSA) is 32.3 Å². The molecule has 1 fully saturated rings. The fourth-order valence-corrected chi connectivity index (χ4v) is 3.62. The van der Waals surface area contributed by atoms with Crippen LogP contribution in [-0.2, 0) is 0 Å². The highest BCUT2D eigenvalue weighted by Crippen LogP contribution is 2.27. The highest BCUT2D eigenvalue weighted by atomic mass is 79.9. The first-order valence-electron chi connectivity index (χ1n) is 8.26. The van der Waals surface area contributed by atoms with Crippen molar-refractivity contribution in [3.05, 3.63) is 59.3 Å². The minimum atomic E-state index is 0.936. The van der Waals surface area contributed by atoms with E-state index in [9.17, 15) is 0 Å². The highest BCUT2D eigenvalue weighted by molar-refractivity contribution is 9.10. The number of nitrogens with zero attached hydrogens (tertiary/aromatic N) is 4. The molecule has 0 atom stereocenters. The number of anilines is 2. The Kier molecular flexibility index (Phi) is 4.34. The van der Waals surface area contributed by atoms with Gasteiger partial charge in [0.05, 0.1) is 11.2 Å². The van der Waals surface area contributed by atoms with Gasteiger partial charge >= 0.3 is 0 Å². The van der Waals surface area contributed by atoms with Crippen LogP contribution in [0.15, 0.2) is 59.3 Å². The summed E-state index contributed by atoms with van der Waals surface area (Å²) in [5.74, 6) is 0. The highest BCUT2D eigenvalue weighted by Gasteiger charge is 2.17. The predicted octanol–water partition coefficient (Wildman–Crippen LogP) is 4.11. The first-order valence-corrected chi connectivity index (χ1v) is 9.06. The molecule has 24 heavy (non-hydrogen) atoms. The van der Waals surface area contributed by atoms with E-state index in [0.717, 1.165) is 48.1 Å². The van der Waals surface area contributed by atoms with Crippen LogP contribution in [-0.4, -0.2) is 36.1 Å². The van der Waals surface area contributed by atoms with Crippen molar-refractivity contribution in [3.8, 4) is 0 Å².